The van der Waals surface area contributed by atoms with Gasteiger partial charge in [-0.1, -0.05) is 39.0 Å². The molecule has 1 N–H and O–H groups in total. The van der Waals surface area contributed by atoms with Crippen molar-refractivity contribution in [1.29, 1.82) is 0 Å². The van der Waals surface area contributed by atoms with Crippen LogP contribution in [0, 0.1) is 5.92 Å². The van der Waals surface area contributed by atoms with E-state index in [0.29, 0.717) is 12.5 Å². The molecule has 1 nitrogen and oxygen atoms in total. The summed E-state index contributed by atoms with van der Waals surface area (Å²) in [5.74, 6) is 0.448. The predicted molar refractivity (Wildman–Crippen MR) is 63.1 cm³/mol. The SMILES string of the molecule is CC(C)(C)c1cccc2c1C[C@@H](CO)C2. The lowest BCUT2D eigenvalue weighted by molar-refractivity contribution is 0.232. The summed E-state index contributed by atoms with van der Waals surface area (Å²) in [6.07, 6.45) is 2.11. The van der Waals surface area contributed by atoms with Crippen LogP contribution in [0.5, 0.6) is 0 Å². The zero-order valence-electron chi connectivity index (χ0n) is 9.88. The molecule has 0 aliphatic heterocycles. The Bertz CT molecular complexity index is 360. The van der Waals surface area contributed by atoms with Gasteiger partial charge in [0.15, 0.2) is 0 Å². The van der Waals surface area contributed by atoms with Gasteiger partial charge in [-0.3, -0.25) is 0 Å². The number of hydrogen-bond donors (Lipinski definition) is 1. The fourth-order valence-corrected chi connectivity index (χ4v) is 2.57. The number of benzene rings is 1. The molecule has 0 radical (unpaired) electrons. The molecule has 0 aromatic heterocycles. The van der Waals surface area contributed by atoms with Gasteiger partial charge in [0, 0.05) is 6.61 Å². The number of hydrogen-bond acceptors (Lipinski definition) is 1. The van der Waals surface area contributed by atoms with E-state index in [4.69, 9.17) is 0 Å². The number of aliphatic hydroxyl groups excluding tert-OH is 1. The minimum Gasteiger partial charge on any atom is -0.396 e. The molecule has 15 heavy (non-hydrogen) atoms. The maximum Gasteiger partial charge on any atom is 0.0465 e. The smallest absolute Gasteiger partial charge is 0.0465 e. The van der Waals surface area contributed by atoms with Gasteiger partial charge >= 0.3 is 0 Å². The van der Waals surface area contributed by atoms with E-state index in [2.05, 4.69) is 39.0 Å². The molecule has 0 fully saturated rings. The van der Waals surface area contributed by atoms with E-state index in [1.165, 1.54) is 16.7 Å². The molecule has 0 heterocycles. The summed E-state index contributed by atoms with van der Waals surface area (Å²) >= 11 is 0. The van der Waals surface area contributed by atoms with Crippen LogP contribution in [0.2, 0.25) is 0 Å². The molecule has 1 aliphatic rings. The van der Waals surface area contributed by atoms with Crippen molar-refractivity contribution in [2.24, 2.45) is 5.92 Å². The van der Waals surface area contributed by atoms with Gasteiger partial charge in [-0.05, 0) is 40.9 Å². The Morgan fingerprint density at radius 1 is 1.27 bits per heavy atom. The molecule has 82 valence electrons. The van der Waals surface area contributed by atoms with Crippen molar-refractivity contribution >= 4 is 0 Å². The van der Waals surface area contributed by atoms with E-state index in [-0.39, 0.29) is 5.41 Å². The highest BCUT2D eigenvalue weighted by Crippen LogP contribution is 2.35. The summed E-state index contributed by atoms with van der Waals surface area (Å²) < 4.78 is 0. The first kappa shape index (κ1) is 10.7. The van der Waals surface area contributed by atoms with Gasteiger partial charge < -0.3 is 5.11 Å². The van der Waals surface area contributed by atoms with E-state index in [9.17, 15) is 5.11 Å². The third kappa shape index (κ3) is 1.93. The predicted octanol–water partition coefficient (Wildman–Crippen LogP) is 2.69. The minimum absolute atomic E-state index is 0.218. The fraction of sp³-hybridized carbons (Fsp3) is 0.571. The number of aliphatic hydroxyl groups is 1. The Morgan fingerprint density at radius 3 is 2.60 bits per heavy atom. The summed E-state index contributed by atoms with van der Waals surface area (Å²) in [7, 11) is 0. The largest absolute Gasteiger partial charge is 0.396 e. The molecule has 1 atom stereocenters. The molecule has 1 heteroatoms. The third-order valence-electron chi connectivity index (χ3n) is 3.34. The van der Waals surface area contributed by atoms with E-state index >= 15 is 0 Å². The third-order valence-corrected chi connectivity index (χ3v) is 3.34. The van der Waals surface area contributed by atoms with Crippen LogP contribution < -0.4 is 0 Å². The molecule has 1 aromatic carbocycles. The van der Waals surface area contributed by atoms with Crippen LogP contribution in [0.25, 0.3) is 0 Å². The normalized spacial score (nSPS) is 20.4. The fourth-order valence-electron chi connectivity index (χ4n) is 2.57. The van der Waals surface area contributed by atoms with Crippen LogP contribution in [-0.2, 0) is 18.3 Å². The highest BCUT2D eigenvalue weighted by Gasteiger charge is 2.27. The Morgan fingerprint density at radius 2 is 2.00 bits per heavy atom. The molecule has 2 rings (SSSR count). The zero-order chi connectivity index (χ0) is 11.1. The Balaban J connectivity index is 2.42. The van der Waals surface area contributed by atoms with Crippen molar-refractivity contribution in [1.82, 2.24) is 0 Å². The quantitative estimate of drug-likeness (QED) is 0.745. The Hall–Kier alpha value is -0.820. The van der Waals surface area contributed by atoms with Crippen molar-refractivity contribution in [2.75, 3.05) is 6.61 Å². The van der Waals surface area contributed by atoms with Gasteiger partial charge in [0.25, 0.3) is 0 Å². The lowest BCUT2D eigenvalue weighted by Gasteiger charge is -2.22. The molecule has 0 amide bonds. The topological polar surface area (TPSA) is 20.2 Å². The van der Waals surface area contributed by atoms with Crippen molar-refractivity contribution in [2.45, 2.75) is 39.0 Å². The van der Waals surface area contributed by atoms with Gasteiger partial charge in [-0.15, -0.1) is 0 Å². The average Bonchev–Trinajstić information content (AvgIpc) is 2.57. The first-order chi connectivity index (χ1) is 7.02. The summed E-state index contributed by atoms with van der Waals surface area (Å²) in [5.41, 5.74) is 4.61. The number of fused-ring (bicyclic) bond motifs is 1. The summed E-state index contributed by atoms with van der Waals surface area (Å²) in [4.78, 5) is 0. The van der Waals surface area contributed by atoms with Gasteiger partial charge in [-0.25, -0.2) is 0 Å². The van der Waals surface area contributed by atoms with E-state index < -0.39 is 0 Å². The summed E-state index contributed by atoms with van der Waals surface area (Å²) in [6, 6.07) is 6.60. The molecule has 1 aliphatic carbocycles. The number of rotatable bonds is 1. The van der Waals surface area contributed by atoms with Crippen LogP contribution in [0.3, 0.4) is 0 Å². The van der Waals surface area contributed by atoms with Crippen molar-refractivity contribution < 1.29 is 5.11 Å². The minimum atomic E-state index is 0.218. The van der Waals surface area contributed by atoms with Crippen LogP contribution in [-0.4, -0.2) is 11.7 Å². The molecule has 0 saturated carbocycles. The summed E-state index contributed by atoms with van der Waals surface area (Å²) in [6.45, 7) is 7.09. The van der Waals surface area contributed by atoms with Crippen LogP contribution in [0.1, 0.15) is 37.5 Å². The Labute approximate surface area is 92.1 Å². The zero-order valence-corrected chi connectivity index (χ0v) is 9.88. The second-order valence-electron chi connectivity index (χ2n) is 5.65. The van der Waals surface area contributed by atoms with Crippen LogP contribution >= 0.6 is 0 Å². The van der Waals surface area contributed by atoms with Gasteiger partial charge in [0.05, 0.1) is 0 Å². The first-order valence-corrected chi connectivity index (χ1v) is 5.74. The van der Waals surface area contributed by atoms with Crippen molar-refractivity contribution in [3.05, 3.63) is 34.9 Å². The van der Waals surface area contributed by atoms with Crippen molar-refractivity contribution in [3.63, 3.8) is 0 Å². The molecular weight excluding hydrogens is 184 g/mol. The Kier molecular flexibility index (Phi) is 2.59. The first-order valence-electron chi connectivity index (χ1n) is 5.74. The molecule has 0 spiro atoms. The van der Waals surface area contributed by atoms with Gasteiger partial charge in [-0.2, -0.15) is 0 Å². The average molecular weight is 204 g/mol. The van der Waals surface area contributed by atoms with E-state index in [1.807, 2.05) is 0 Å². The van der Waals surface area contributed by atoms with Crippen LogP contribution in [0.15, 0.2) is 18.2 Å². The summed E-state index contributed by atoms with van der Waals surface area (Å²) in [5, 5.41) is 9.23. The molecular formula is C14H20O. The van der Waals surface area contributed by atoms with Crippen molar-refractivity contribution in [3.8, 4) is 0 Å². The van der Waals surface area contributed by atoms with Gasteiger partial charge in [0.1, 0.15) is 0 Å². The standard InChI is InChI=1S/C14H20O/c1-14(2,3)13-6-4-5-11-7-10(9-15)8-12(11)13/h4-6,10,15H,7-9H2,1-3H3/t10-/m0/s1. The molecule has 0 saturated heterocycles. The van der Waals surface area contributed by atoms with E-state index in [1.54, 1.807) is 0 Å². The van der Waals surface area contributed by atoms with Gasteiger partial charge in [0.2, 0.25) is 0 Å². The van der Waals surface area contributed by atoms with E-state index in [0.717, 1.165) is 12.8 Å². The maximum atomic E-state index is 9.23. The van der Waals surface area contributed by atoms with Crippen LogP contribution in [0.4, 0.5) is 0 Å². The second kappa shape index (κ2) is 3.64. The second-order valence-corrected chi connectivity index (χ2v) is 5.65. The highest BCUT2D eigenvalue weighted by molar-refractivity contribution is 5.42. The highest BCUT2D eigenvalue weighted by atomic mass is 16.3. The lowest BCUT2D eigenvalue weighted by Crippen LogP contribution is -2.14. The molecule has 1 aromatic rings. The maximum absolute atomic E-state index is 9.23. The monoisotopic (exact) mass is 204 g/mol. The molecule has 0 bridgehead atoms. The molecule has 0 unspecified atom stereocenters. The lowest BCUT2D eigenvalue weighted by atomic mass is 9.82.